The molecule has 1 aromatic heterocycles. The molecule has 0 spiro atoms. The minimum atomic E-state index is -0.787. The second kappa shape index (κ2) is 8.00. The molecule has 0 bridgehead atoms. The highest BCUT2D eigenvalue weighted by Gasteiger charge is 2.21. The van der Waals surface area contributed by atoms with Gasteiger partial charge in [-0.2, -0.15) is 10.4 Å². The molecule has 0 fully saturated rings. The lowest BCUT2D eigenvalue weighted by Gasteiger charge is -2.12. The largest absolute Gasteiger partial charge is 0.207 e. The van der Waals surface area contributed by atoms with Gasteiger partial charge in [-0.05, 0) is 36.4 Å². The summed E-state index contributed by atoms with van der Waals surface area (Å²) in [7, 11) is 0. The molecule has 3 aromatic rings. The molecule has 3 rings (SSSR count). The molecule has 0 aliphatic carbocycles. The summed E-state index contributed by atoms with van der Waals surface area (Å²) >= 11 is 13.3. The number of rotatable bonds is 4. The standard InChI is InChI=1S/C18H9Cl2F2N3S/c19-12-2-1-3-13(20)18(12)11(9-23)15-5-7-17(25-24-15)26-16-6-4-10(21)8-14(16)22/h1-8,11H/t11-/m0/s1. The molecule has 0 radical (unpaired) electrons. The van der Waals surface area contributed by atoms with E-state index in [-0.39, 0.29) is 4.90 Å². The highest BCUT2D eigenvalue weighted by atomic mass is 35.5. The van der Waals surface area contributed by atoms with Gasteiger partial charge < -0.3 is 0 Å². The van der Waals surface area contributed by atoms with E-state index in [0.717, 1.165) is 17.8 Å². The average Bonchev–Trinajstić information content (AvgIpc) is 2.62. The molecule has 0 unspecified atom stereocenters. The van der Waals surface area contributed by atoms with Crippen molar-refractivity contribution in [1.29, 1.82) is 5.26 Å². The molecule has 2 aromatic carbocycles. The van der Waals surface area contributed by atoms with Crippen molar-refractivity contribution in [1.82, 2.24) is 10.2 Å². The van der Waals surface area contributed by atoms with E-state index < -0.39 is 17.6 Å². The van der Waals surface area contributed by atoms with Crippen LogP contribution in [0, 0.1) is 23.0 Å². The first kappa shape index (κ1) is 18.6. The van der Waals surface area contributed by atoms with Gasteiger partial charge in [0.25, 0.3) is 0 Å². The van der Waals surface area contributed by atoms with Crippen LogP contribution in [0.15, 0.2) is 58.5 Å². The van der Waals surface area contributed by atoms with Gasteiger partial charge in [0.2, 0.25) is 0 Å². The van der Waals surface area contributed by atoms with Crippen LogP contribution in [0.1, 0.15) is 17.2 Å². The van der Waals surface area contributed by atoms with Crippen molar-refractivity contribution >= 4 is 35.0 Å². The molecule has 0 saturated heterocycles. The highest BCUT2D eigenvalue weighted by molar-refractivity contribution is 7.99. The van der Waals surface area contributed by atoms with Crippen molar-refractivity contribution in [3.05, 3.63) is 81.5 Å². The molecular formula is C18H9Cl2F2N3S. The Hall–Kier alpha value is -2.20. The van der Waals surface area contributed by atoms with E-state index in [9.17, 15) is 14.0 Å². The lowest BCUT2D eigenvalue weighted by molar-refractivity contribution is 0.565. The molecule has 130 valence electrons. The maximum atomic E-state index is 13.7. The van der Waals surface area contributed by atoms with Crippen molar-refractivity contribution in [2.24, 2.45) is 0 Å². The maximum Gasteiger partial charge on any atom is 0.140 e. The lowest BCUT2D eigenvalue weighted by atomic mass is 9.97. The molecular weight excluding hydrogens is 399 g/mol. The molecule has 1 heterocycles. The SMILES string of the molecule is N#C[C@@H](c1ccc(Sc2ccc(F)cc2F)nn1)c1c(Cl)cccc1Cl. The Bertz CT molecular complexity index is 970. The number of nitriles is 1. The summed E-state index contributed by atoms with van der Waals surface area (Å²) in [5.74, 6) is -2.12. The molecule has 0 amide bonds. The fourth-order valence-corrected chi connectivity index (χ4v) is 3.63. The van der Waals surface area contributed by atoms with Crippen molar-refractivity contribution in [2.75, 3.05) is 0 Å². The Morgan fingerprint density at radius 3 is 2.31 bits per heavy atom. The summed E-state index contributed by atoms with van der Waals surface area (Å²) < 4.78 is 26.7. The molecule has 0 aliphatic rings. The maximum absolute atomic E-state index is 13.7. The summed E-state index contributed by atoms with van der Waals surface area (Å²) in [6, 6.07) is 13.6. The zero-order chi connectivity index (χ0) is 18.7. The Kier molecular flexibility index (Phi) is 5.72. The van der Waals surface area contributed by atoms with E-state index in [1.165, 1.54) is 12.1 Å². The van der Waals surface area contributed by atoms with Crippen molar-refractivity contribution in [2.45, 2.75) is 15.8 Å². The predicted molar refractivity (Wildman–Crippen MR) is 96.4 cm³/mol. The minimum Gasteiger partial charge on any atom is -0.207 e. The van der Waals surface area contributed by atoms with Crippen LogP contribution in [0.25, 0.3) is 0 Å². The summed E-state index contributed by atoms with van der Waals surface area (Å²) in [5.41, 5.74) is 0.823. The van der Waals surface area contributed by atoms with Gasteiger partial charge in [-0.15, -0.1) is 5.10 Å². The Morgan fingerprint density at radius 2 is 1.73 bits per heavy atom. The first-order valence-electron chi connectivity index (χ1n) is 7.29. The lowest BCUT2D eigenvalue weighted by Crippen LogP contribution is -2.04. The average molecular weight is 408 g/mol. The monoisotopic (exact) mass is 407 g/mol. The minimum absolute atomic E-state index is 0.222. The Balaban J connectivity index is 1.88. The number of hydrogen-bond donors (Lipinski definition) is 0. The van der Waals surface area contributed by atoms with Gasteiger partial charge in [-0.3, -0.25) is 0 Å². The van der Waals surface area contributed by atoms with Gasteiger partial charge in [0, 0.05) is 26.6 Å². The van der Waals surface area contributed by atoms with Gasteiger partial charge in [-0.1, -0.05) is 41.0 Å². The van der Waals surface area contributed by atoms with Crippen LogP contribution in [0.5, 0.6) is 0 Å². The van der Waals surface area contributed by atoms with Crippen molar-refractivity contribution < 1.29 is 8.78 Å². The smallest absolute Gasteiger partial charge is 0.140 e. The van der Waals surface area contributed by atoms with E-state index in [1.54, 1.807) is 30.3 Å². The topological polar surface area (TPSA) is 49.6 Å². The zero-order valence-electron chi connectivity index (χ0n) is 13.0. The van der Waals surface area contributed by atoms with Crippen LogP contribution in [0.2, 0.25) is 10.0 Å². The molecule has 1 atom stereocenters. The number of benzene rings is 2. The van der Waals surface area contributed by atoms with E-state index in [1.807, 2.05) is 0 Å². The third-order valence-corrected chi connectivity index (χ3v) is 5.12. The van der Waals surface area contributed by atoms with Crippen LogP contribution in [-0.4, -0.2) is 10.2 Å². The van der Waals surface area contributed by atoms with Crippen LogP contribution < -0.4 is 0 Å². The van der Waals surface area contributed by atoms with Crippen LogP contribution >= 0.6 is 35.0 Å². The molecule has 3 nitrogen and oxygen atoms in total. The Morgan fingerprint density at radius 1 is 1.00 bits per heavy atom. The van der Waals surface area contributed by atoms with E-state index in [4.69, 9.17) is 23.2 Å². The Labute approximate surface area is 162 Å². The summed E-state index contributed by atoms with van der Waals surface area (Å²) in [4.78, 5) is 0.222. The number of halogens is 4. The van der Waals surface area contributed by atoms with Crippen LogP contribution in [0.3, 0.4) is 0 Å². The summed E-state index contributed by atoms with van der Waals surface area (Å²) in [6.07, 6.45) is 0. The normalized spacial score (nSPS) is 11.8. The third-order valence-electron chi connectivity index (χ3n) is 3.48. The predicted octanol–water partition coefficient (Wildman–Crippen LogP) is 5.87. The van der Waals surface area contributed by atoms with E-state index >= 15 is 0 Å². The quantitative estimate of drug-likeness (QED) is 0.542. The molecule has 0 N–H and O–H groups in total. The van der Waals surface area contributed by atoms with Gasteiger partial charge in [-0.25, -0.2) is 8.78 Å². The van der Waals surface area contributed by atoms with Crippen molar-refractivity contribution in [3.63, 3.8) is 0 Å². The van der Waals surface area contributed by atoms with Gasteiger partial charge >= 0.3 is 0 Å². The first-order valence-corrected chi connectivity index (χ1v) is 8.87. The molecule has 26 heavy (non-hydrogen) atoms. The van der Waals surface area contributed by atoms with Gasteiger partial charge in [0.05, 0.1) is 11.8 Å². The fraction of sp³-hybridized carbons (Fsp3) is 0.0556. The second-order valence-electron chi connectivity index (χ2n) is 5.17. The van der Waals surface area contributed by atoms with Gasteiger partial charge in [0.1, 0.15) is 22.6 Å². The molecule has 8 heteroatoms. The van der Waals surface area contributed by atoms with Crippen molar-refractivity contribution in [3.8, 4) is 6.07 Å². The molecule has 0 saturated carbocycles. The first-order chi connectivity index (χ1) is 12.5. The second-order valence-corrected chi connectivity index (χ2v) is 7.05. The number of aromatic nitrogens is 2. The summed E-state index contributed by atoms with van der Waals surface area (Å²) in [6.45, 7) is 0. The molecule has 0 aliphatic heterocycles. The zero-order valence-corrected chi connectivity index (χ0v) is 15.3. The highest BCUT2D eigenvalue weighted by Crippen LogP contribution is 2.35. The summed E-state index contributed by atoms with van der Waals surface area (Å²) in [5, 5.41) is 18.7. The van der Waals surface area contributed by atoms with E-state index in [2.05, 4.69) is 16.3 Å². The van der Waals surface area contributed by atoms with Gasteiger partial charge in [0.15, 0.2) is 0 Å². The fourth-order valence-electron chi connectivity index (χ4n) is 2.27. The number of nitrogens with zero attached hydrogens (tertiary/aromatic N) is 3. The van der Waals surface area contributed by atoms with E-state index in [0.29, 0.717) is 26.3 Å². The van der Waals surface area contributed by atoms with Crippen LogP contribution in [0.4, 0.5) is 8.78 Å². The third kappa shape index (κ3) is 3.96. The number of hydrogen-bond acceptors (Lipinski definition) is 4. The van der Waals surface area contributed by atoms with Crippen LogP contribution in [-0.2, 0) is 0 Å².